The highest BCUT2D eigenvalue weighted by molar-refractivity contribution is 7.21. The summed E-state index contributed by atoms with van der Waals surface area (Å²) in [6, 6.07) is 15.2. The molecule has 1 N–H and O–H groups in total. The van der Waals surface area contributed by atoms with Crippen molar-refractivity contribution in [1.82, 2.24) is 0 Å². The van der Waals surface area contributed by atoms with Crippen LogP contribution in [0.3, 0.4) is 0 Å². The second-order valence-electron chi connectivity index (χ2n) is 4.52. The Kier molecular flexibility index (Phi) is 3.47. The molecule has 0 spiro atoms. The van der Waals surface area contributed by atoms with Gasteiger partial charge in [-0.25, -0.2) is 0 Å². The van der Waals surface area contributed by atoms with Crippen molar-refractivity contribution < 1.29 is 4.79 Å². The largest absolute Gasteiger partial charge is 0.321 e. The van der Waals surface area contributed by atoms with E-state index in [0.29, 0.717) is 10.7 Å². The van der Waals surface area contributed by atoms with Gasteiger partial charge in [-0.05, 0) is 42.1 Å². The first kappa shape index (κ1) is 13.2. The highest BCUT2D eigenvalue weighted by atomic mass is 35.5. The number of benzene rings is 2. The number of anilines is 1. The topological polar surface area (TPSA) is 29.1 Å². The maximum atomic E-state index is 12.4. The van der Waals surface area contributed by atoms with E-state index in [-0.39, 0.29) is 5.91 Å². The zero-order valence-electron chi connectivity index (χ0n) is 10.8. The van der Waals surface area contributed by atoms with Gasteiger partial charge in [0.05, 0.1) is 4.88 Å². The average Bonchev–Trinajstić information content (AvgIpc) is 2.77. The summed E-state index contributed by atoms with van der Waals surface area (Å²) >= 11 is 7.43. The lowest BCUT2D eigenvalue weighted by Crippen LogP contribution is -2.11. The molecule has 0 unspecified atom stereocenters. The molecule has 1 amide bonds. The van der Waals surface area contributed by atoms with Gasteiger partial charge in [-0.3, -0.25) is 4.79 Å². The van der Waals surface area contributed by atoms with Gasteiger partial charge in [0.2, 0.25) is 0 Å². The van der Waals surface area contributed by atoms with Gasteiger partial charge in [-0.15, -0.1) is 11.3 Å². The average molecular weight is 302 g/mol. The van der Waals surface area contributed by atoms with E-state index in [4.69, 9.17) is 11.6 Å². The predicted octanol–water partition coefficient (Wildman–Crippen LogP) is 5.12. The van der Waals surface area contributed by atoms with Crippen LogP contribution in [0.4, 0.5) is 5.69 Å². The molecule has 0 aliphatic rings. The Morgan fingerprint density at radius 1 is 1.15 bits per heavy atom. The molecule has 0 saturated heterocycles. The van der Waals surface area contributed by atoms with Crippen molar-refractivity contribution in [3.05, 3.63) is 64.0 Å². The van der Waals surface area contributed by atoms with Crippen LogP contribution < -0.4 is 5.32 Å². The lowest BCUT2D eigenvalue weighted by Gasteiger charge is -2.04. The summed E-state index contributed by atoms with van der Waals surface area (Å²) in [5, 5.41) is 4.63. The minimum absolute atomic E-state index is 0.0917. The van der Waals surface area contributed by atoms with Crippen molar-refractivity contribution >= 4 is 44.6 Å². The summed E-state index contributed by atoms with van der Waals surface area (Å²) in [5.74, 6) is -0.0917. The Balaban J connectivity index is 1.95. The number of hydrogen-bond acceptors (Lipinski definition) is 2. The lowest BCUT2D eigenvalue weighted by molar-refractivity contribution is 0.103. The van der Waals surface area contributed by atoms with Crippen LogP contribution in [0.25, 0.3) is 10.1 Å². The third-order valence-corrected chi connectivity index (χ3v) is 4.64. The molecule has 0 aliphatic carbocycles. The fraction of sp³-hybridized carbons (Fsp3) is 0.0625. The number of carbonyl (C=O) groups excluding carboxylic acids is 1. The number of rotatable bonds is 2. The van der Waals surface area contributed by atoms with Gasteiger partial charge in [-0.2, -0.15) is 0 Å². The Hall–Kier alpha value is -1.84. The maximum Gasteiger partial charge on any atom is 0.266 e. The Bertz CT molecular complexity index is 794. The van der Waals surface area contributed by atoms with E-state index in [9.17, 15) is 4.79 Å². The second kappa shape index (κ2) is 5.27. The van der Waals surface area contributed by atoms with Crippen molar-refractivity contribution in [3.8, 4) is 0 Å². The van der Waals surface area contributed by atoms with Gasteiger partial charge in [0.15, 0.2) is 0 Å². The zero-order valence-corrected chi connectivity index (χ0v) is 12.4. The molecule has 100 valence electrons. The minimum atomic E-state index is -0.0917. The second-order valence-corrected chi connectivity index (χ2v) is 6.01. The molecule has 3 aromatic rings. The van der Waals surface area contributed by atoms with Crippen molar-refractivity contribution in [2.75, 3.05) is 5.32 Å². The molecule has 0 fully saturated rings. The first-order valence-electron chi connectivity index (χ1n) is 6.20. The van der Waals surface area contributed by atoms with Crippen LogP contribution in [0.1, 0.15) is 15.2 Å². The summed E-state index contributed by atoms with van der Waals surface area (Å²) in [4.78, 5) is 13.1. The monoisotopic (exact) mass is 301 g/mol. The van der Waals surface area contributed by atoms with Gasteiger partial charge in [0, 0.05) is 15.4 Å². The number of halogens is 1. The van der Waals surface area contributed by atoms with E-state index in [1.807, 2.05) is 43.3 Å². The molecule has 2 aromatic carbocycles. The molecule has 1 heterocycles. The molecule has 0 radical (unpaired) electrons. The van der Waals surface area contributed by atoms with Crippen LogP contribution in [0.5, 0.6) is 0 Å². The van der Waals surface area contributed by atoms with E-state index >= 15 is 0 Å². The molecular weight excluding hydrogens is 290 g/mol. The van der Waals surface area contributed by atoms with Crippen molar-refractivity contribution in [2.45, 2.75) is 6.92 Å². The Labute approximate surface area is 126 Å². The summed E-state index contributed by atoms with van der Waals surface area (Å²) in [6.45, 7) is 1.98. The fourth-order valence-electron chi connectivity index (χ4n) is 2.15. The smallest absolute Gasteiger partial charge is 0.266 e. The number of fused-ring (bicyclic) bond motifs is 1. The number of amides is 1. The van der Waals surface area contributed by atoms with Crippen LogP contribution in [-0.4, -0.2) is 5.91 Å². The number of carbonyl (C=O) groups is 1. The van der Waals surface area contributed by atoms with Crippen molar-refractivity contribution in [1.29, 1.82) is 0 Å². The van der Waals surface area contributed by atoms with Gasteiger partial charge in [0.1, 0.15) is 0 Å². The van der Waals surface area contributed by atoms with Gasteiger partial charge in [0.25, 0.3) is 5.91 Å². The van der Waals surface area contributed by atoms with E-state index in [2.05, 4.69) is 5.32 Å². The van der Waals surface area contributed by atoms with Crippen LogP contribution in [0.15, 0.2) is 48.5 Å². The molecule has 0 bridgehead atoms. The first-order valence-corrected chi connectivity index (χ1v) is 7.39. The molecule has 2 nitrogen and oxygen atoms in total. The number of nitrogens with one attached hydrogen (secondary N) is 1. The summed E-state index contributed by atoms with van der Waals surface area (Å²) in [7, 11) is 0. The summed E-state index contributed by atoms with van der Waals surface area (Å²) < 4.78 is 1.13. The SMILES string of the molecule is Cc1c(C(=O)Nc2cccc(Cl)c2)sc2ccccc12. The lowest BCUT2D eigenvalue weighted by atomic mass is 10.1. The van der Waals surface area contributed by atoms with Crippen LogP contribution in [0, 0.1) is 6.92 Å². The summed E-state index contributed by atoms with van der Waals surface area (Å²) in [6.07, 6.45) is 0. The van der Waals surface area contributed by atoms with Gasteiger partial charge in [-0.1, -0.05) is 35.9 Å². The standard InChI is InChI=1S/C16H12ClNOS/c1-10-13-7-2-3-8-14(13)20-15(10)16(19)18-12-6-4-5-11(17)9-12/h2-9H,1H3,(H,18,19). The predicted molar refractivity (Wildman–Crippen MR) is 86.0 cm³/mol. The van der Waals surface area contributed by atoms with E-state index in [0.717, 1.165) is 20.5 Å². The summed E-state index contributed by atoms with van der Waals surface area (Å²) in [5.41, 5.74) is 1.73. The molecule has 3 rings (SSSR count). The fourth-order valence-corrected chi connectivity index (χ4v) is 3.44. The maximum absolute atomic E-state index is 12.4. The van der Waals surface area contributed by atoms with E-state index in [1.165, 1.54) is 11.3 Å². The quantitative estimate of drug-likeness (QED) is 0.699. The van der Waals surface area contributed by atoms with E-state index in [1.54, 1.807) is 12.1 Å². The normalized spacial score (nSPS) is 10.7. The number of hydrogen-bond donors (Lipinski definition) is 1. The van der Waals surface area contributed by atoms with E-state index < -0.39 is 0 Å². The highest BCUT2D eigenvalue weighted by Gasteiger charge is 2.15. The van der Waals surface area contributed by atoms with Gasteiger partial charge >= 0.3 is 0 Å². The third kappa shape index (κ3) is 2.42. The molecule has 1 aromatic heterocycles. The highest BCUT2D eigenvalue weighted by Crippen LogP contribution is 2.31. The van der Waals surface area contributed by atoms with Crippen LogP contribution in [0.2, 0.25) is 5.02 Å². The Morgan fingerprint density at radius 3 is 2.70 bits per heavy atom. The molecule has 0 atom stereocenters. The number of thiophene rings is 1. The van der Waals surface area contributed by atoms with Crippen molar-refractivity contribution in [3.63, 3.8) is 0 Å². The van der Waals surface area contributed by atoms with Gasteiger partial charge < -0.3 is 5.32 Å². The van der Waals surface area contributed by atoms with Crippen LogP contribution >= 0.6 is 22.9 Å². The first-order chi connectivity index (χ1) is 9.65. The molecule has 20 heavy (non-hydrogen) atoms. The molecular formula is C16H12ClNOS. The molecule has 0 saturated carbocycles. The minimum Gasteiger partial charge on any atom is -0.321 e. The zero-order chi connectivity index (χ0) is 14.1. The third-order valence-electron chi connectivity index (χ3n) is 3.13. The molecule has 4 heteroatoms. The number of aryl methyl sites for hydroxylation is 1. The van der Waals surface area contributed by atoms with Crippen LogP contribution in [-0.2, 0) is 0 Å². The molecule has 0 aliphatic heterocycles. The van der Waals surface area contributed by atoms with Crippen molar-refractivity contribution in [2.24, 2.45) is 0 Å². The Morgan fingerprint density at radius 2 is 1.95 bits per heavy atom.